The molecule has 2 rings (SSSR count). The average molecular weight is 391 g/mol. The molecule has 0 bridgehead atoms. The molecule has 0 saturated heterocycles. The molecule has 2 aromatic carbocycles. The van der Waals surface area contributed by atoms with Crippen LogP contribution < -0.4 is 14.8 Å². The van der Waals surface area contributed by atoms with Crippen molar-refractivity contribution < 1.29 is 9.47 Å². The van der Waals surface area contributed by atoms with E-state index in [2.05, 4.69) is 21.2 Å². The van der Waals surface area contributed by atoms with Crippen molar-refractivity contribution in [2.45, 2.75) is 0 Å². The predicted molar refractivity (Wildman–Crippen MR) is 91.1 cm³/mol. The summed E-state index contributed by atoms with van der Waals surface area (Å²) in [5.41, 5.74) is 0.708. The number of benzene rings is 2. The lowest BCUT2D eigenvalue weighted by molar-refractivity contribution is 0.332. The molecule has 0 aliphatic carbocycles. The van der Waals surface area contributed by atoms with E-state index < -0.39 is 0 Å². The van der Waals surface area contributed by atoms with E-state index in [1.807, 2.05) is 24.3 Å². The van der Waals surface area contributed by atoms with Gasteiger partial charge in [0.25, 0.3) is 0 Å². The van der Waals surface area contributed by atoms with Gasteiger partial charge in [0.2, 0.25) is 0 Å². The van der Waals surface area contributed by atoms with Crippen LogP contribution in [0.5, 0.6) is 11.5 Å². The maximum absolute atomic E-state index is 6.13. The van der Waals surface area contributed by atoms with Crippen LogP contribution in [0.15, 0.2) is 40.9 Å². The van der Waals surface area contributed by atoms with Crippen LogP contribution in [0.3, 0.4) is 0 Å². The van der Waals surface area contributed by atoms with Crippen molar-refractivity contribution in [2.75, 3.05) is 25.6 Å². The fourth-order valence-electron chi connectivity index (χ4n) is 1.73. The van der Waals surface area contributed by atoms with Crippen molar-refractivity contribution in [1.29, 1.82) is 0 Å². The van der Waals surface area contributed by atoms with Gasteiger partial charge in [0, 0.05) is 11.0 Å². The number of halogens is 3. The maximum Gasteiger partial charge on any atom is 0.119 e. The topological polar surface area (TPSA) is 30.5 Å². The van der Waals surface area contributed by atoms with Gasteiger partial charge in [-0.2, -0.15) is 0 Å². The highest BCUT2D eigenvalue weighted by atomic mass is 79.9. The number of anilines is 1. The lowest BCUT2D eigenvalue weighted by Crippen LogP contribution is -2.12. The van der Waals surface area contributed by atoms with Crippen LogP contribution in [0.2, 0.25) is 10.0 Å². The minimum atomic E-state index is 0.495. The molecule has 0 atom stereocenters. The third kappa shape index (κ3) is 4.70. The van der Waals surface area contributed by atoms with E-state index in [1.54, 1.807) is 19.2 Å². The molecule has 6 heteroatoms. The van der Waals surface area contributed by atoms with Gasteiger partial charge in [-0.15, -0.1) is 0 Å². The summed E-state index contributed by atoms with van der Waals surface area (Å²) in [6.07, 6.45) is 0. The number of hydrogen-bond donors (Lipinski definition) is 1. The molecule has 21 heavy (non-hydrogen) atoms. The summed E-state index contributed by atoms with van der Waals surface area (Å²) in [6, 6.07) is 11.0. The fraction of sp³-hybridized carbons (Fsp3) is 0.200. The van der Waals surface area contributed by atoms with Crippen molar-refractivity contribution in [1.82, 2.24) is 0 Å². The summed E-state index contributed by atoms with van der Waals surface area (Å²) >= 11 is 15.6. The fourth-order valence-corrected chi connectivity index (χ4v) is 3.07. The smallest absolute Gasteiger partial charge is 0.119 e. The zero-order valence-electron chi connectivity index (χ0n) is 11.3. The van der Waals surface area contributed by atoms with E-state index in [9.17, 15) is 0 Å². The minimum Gasteiger partial charge on any atom is -0.497 e. The van der Waals surface area contributed by atoms with Gasteiger partial charge < -0.3 is 14.8 Å². The van der Waals surface area contributed by atoms with Gasteiger partial charge in [-0.3, -0.25) is 0 Å². The molecule has 0 aromatic heterocycles. The Labute approximate surface area is 142 Å². The summed E-state index contributed by atoms with van der Waals surface area (Å²) in [6.45, 7) is 1.09. The number of hydrogen-bond acceptors (Lipinski definition) is 3. The molecule has 3 nitrogen and oxygen atoms in total. The molecule has 1 N–H and O–H groups in total. The van der Waals surface area contributed by atoms with Gasteiger partial charge in [0.05, 0.1) is 22.8 Å². The predicted octanol–water partition coefficient (Wildman–Crippen LogP) is 5.26. The average Bonchev–Trinajstić information content (AvgIpc) is 2.46. The van der Waals surface area contributed by atoms with Crippen molar-refractivity contribution in [3.63, 3.8) is 0 Å². The van der Waals surface area contributed by atoms with Crippen molar-refractivity contribution in [2.24, 2.45) is 0 Å². The Morgan fingerprint density at radius 1 is 1.05 bits per heavy atom. The van der Waals surface area contributed by atoms with Crippen LogP contribution in [-0.4, -0.2) is 20.3 Å². The van der Waals surface area contributed by atoms with E-state index in [4.69, 9.17) is 32.7 Å². The van der Waals surface area contributed by atoms with Crippen molar-refractivity contribution >= 4 is 44.8 Å². The molecule has 0 aliphatic rings. The van der Waals surface area contributed by atoms with E-state index in [0.717, 1.165) is 16.0 Å². The quantitative estimate of drug-likeness (QED) is 0.682. The third-order valence-corrected chi connectivity index (χ3v) is 3.79. The first-order valence-electron chi connectivity index (χ1n) is 6.25. The third-order valence-electron chi connectivity index (χ3n) is 2.74. The largest absolute Gasteiger partial charge is 0.497 e. The van der Waals surface area contributed by atoms with Gasteiger partial charge in [-0.25, -0.2) is 0 Å². The van der Waals surface area contributed by atoms with Crippen molar-refractivity contribution in [3.8, 4) is 11.5 Å². The van der Waals surface area contributed by atoms with Gasteiger partial charge in [-0.05, 0) is 36.4 Å². The van der Waals surface area contributed by atoms with Crippen LogP contribution in [0.25, 0.3) is 0 Å². The zero-order chi connectivity index (χ0) is 15.2. The van der Waals surface area contributed by atoms with Crippen LogP contribution in [0.1, 0.15) is 0 Å². The van der Waals surface area contributed by atoms with Gasteiger partial charge >= 0.3 is 0 Å². The van der Waals surface area contributed by atoms with E-state index in [1.165, 1.54) is 0 Å². The lowest BCUT2D eigenvalue weighted by Gasteiger charge is -2.12. The molecule has 0 spiro atoms. The first kappa shape index (κ1) is 16.3. The SMILES string of the molecule is COc1ccc(OCCNc2c(Cl)cc(Br)cc2Cl)cc1. The Kier molecular flexibility index (Phi) is 6.03. The molecular formula is C15H14BrCl2NO2. The second-order valence-corrected chi connectivity index (χ2v) is 5.93. The Bertz CT molecular complexity index is 582. The van der Waals surface area contributed by atoms with E-state index in [0.29, 0.717) is 28.9 Å². The number of rotatable bonds is 6. The minimum absolute atomic E-state index is 0.495. The molecule has 0 aliphatic heterocycles. The molecule has 0 fully saturated rings. The first-order chi connectivity index (χ1) is 10.1. The summed E-state index contributed by atoms with van der Waals surface area (Å²) < 4.78 is 11.5. The molecule has 0 radical (unpaired) electrons. The van der Waals surface area contributed by atoms with E-state index >= 15 is 0 Å². The first-order valence-corrected chi connectivity index (χ1v) is 7.80. The normalized spacial score (nSPS) is 10.3. The van der Waals surface area contributed by atoms with Gasteiger partial charge in [0.1, 0.15) is 18.1 Å². The lowest BCUT2D eigenvalue weighted by atomic mass is 10.3. The summed E-state index contributed by atoms with van der Waals surface area (Å²) in [5.74, 6) is 1.58. The molecule has 0 unspecified atom stereocenters. The Morgan fingerprint density at radius 3 is 2.19 bits per heavy atom. The second kappa shape index (κ2) is 7.78. The molecule has 0 heterocycles. The molecule has 0 saturated carbocycles. The zero-order valence-corrected chi connectivity index (χ0v) is 14.4. The Hall–Kier alpha value is -1.10. The monoisotopic (exact) mass is 389 g/mol. The van der Waals surface area contributed by atoms with Crippen LogP contribution in [0.4, 0.5) is 5.69 Å². The summed E-state index contributed by atoms with van der Waals surface area (Å²) in [5, 5.41) is 4.30. The van der Waals surface area contributed by atoms with Gasteiger partial charge in [0.15, 0.2) is 0 Å². The molecule has 0 amide bonds. The highest BCUT2D eigenvalue weighted by Crippen LogP contribution is 2.33. The van der Waals surface area contributed by atoms with Crippen LogP contribution in [-0.2, 0) is 0 Å². The van der Waals surface area contributed by atoms with Crippen molar-refractivity contribution in [3.05, 3.63) is 50.9 Å². The Morgan fingerprint density at radius 2 is 1.62 bits per heavy atom. The summed E-state index contributed by atoms with van der Waals surface area (Å²) in [7, 11) is 1.63. The van der Waals surface area contributed by atoms with Gasteiger partial charge in [-0.1, -0.05) is 39.1 Å². The standard InChI is InChI=1S/C15H14BrCl2NO2/c1-20-11-2-4-12(5-3-11)21-7-6-19-15-13(17)8-10(16)9-14(15)18/h2-5,8-9,19H,6-7H2,1H3. The Balaban J connectivity index is 1.84. The summed E-state index contributed by atoms with van der Waals surface area (Å²) in [4.78, 5) is 0. The number of ether oxygens (including phenoxy) is 2. The highest BCUT2D eigenvalue weighted by molar-refractivity contribution is 9.10. The maximum atomic E-state index is 6.13. The second-order valence-electron chi connectivity index (χ2n) is 4.20. The van der Waals surface area contributed by atoms with Crippen LogP contribution >= 0.6 is 39.1 Å². The number of methoxy groups -OCH3 is 1. The highest BCUT2D eigenvalue weighted by Gasteiger charge is 2.06. The molecular weight excluding hydrogens is 377 g/mol. The van der Waals surface area contributed by atoms with E-state index in [-0.39, 0.29) is 0 Å². The van der Waals surface area contributed by atoms with Crippen LogP contribution in [0, 0.1) is 0 Å². The number of nitrogens with one attached hydrogen (secondary N) is 1. The molecule has 112 valence electrons. The molecule has 2 aromatic rings.